The lowest BCUT2D eigenvalue weighted by molar-refractivity contribution is 0.0854. The summed E-state index contributed by atoms with van der Waals surface area (Å²) >= 11 is 0. The highest BCUT2D eigenvalue weighted by atomic mass is 16.5. The Balaban J connectivity index is 2.54. The van der Waals surface area contributed by atoms with Crippen molar-refractivity contribution in [2.75, 3.05) is 7.11 Å². The van der Waals surface area contributed by atoms with Crippen molar-refractivity contribution in [2.24, 2.45) is 5.41 Å². The molecule has 0 unspecified atom stereocenters. The number of H-pyrrole nitrogens is 1. The van der Waals surface area contributed by atoms with Crippen LogP contribution < -0.4 is 4.74 Å². The van der Waals surface area contributed by atoms with Crippen molar-refractivity contribution in [2.45, 2.75) is 20.8 Å². The molecule has 0 saturated heterocycles. The number of aromatic nitrogens is 2. The number of fused-ring (bicyclic) bond motifs is 1. The van der Waals surface area contributed by atoms with E-state index in [1.54, 1.807) is 7.11 Å². The molecule has 0 aliphatic rings. The minimum absolute atomic E-state index is 0.0360. The molecule has 0 amide bonds. The summed E-state index contributed by atoms with van der Waals surface area (Å²) in [6, 6.07) is 5.52. The van der Waals surface area contributed by atoms with E-state index in [9.17, 15) is 4.79 Å². The monoisotopic (exact) mass is 232 g/mol. The Morgan fingerprint density at radius 3 is 2.65 bits per heavy atom. The standard InChI is InChI=1S/C13H16N2O2/c1-13(2,3)12(16)11-9-6-5-8(17-4)7-10(9)14-15-11/h5-7H,1-4H3,(H,14,15). The molecular formula is C13H16N2O2. The molecule has 2 rings (SSSR count). The van der Waals surface area contributed by atoms with E-state index in [1.165, 1.54) is 0 Å². The molecule has 0 aliphatic heterocycles. The van der Waals surface area contributed by atoms with Crippen LogP contribution in [0.3, 0.4) is 0 Å². The number of ketones is 1. The number of hydrogen-bond donors (Lipinski definition) is 1. The van der Waals surface area contributed by atoms with Gasteiger partial charge in [-0.2, -0.15) is 5.10 Å². The van der Waals surface area contributed by atoms with Crippen molar-refractivity contribution in [3.05, 3.63) is 23.9 Å². The highest BCUT2D eigenvalue weighted by Crippen LogP contribution is 2.26. The van der Waals surface area contributed by atoms with Gasteiger partial charge in [0, 0.05) is 16.9 Å². The summed E-state index contributed by atoms with van der Waals surface area (Å²) in [4.78, 5) is 12.2. The number of nitrogens with one attached hydrogen (secondary N) is 1. The molecule has 4 nitrogen and oxygen atoms in total. The number of carbonyl (C=O) groups excluding carboxylic acids is 1. The lowest BCUT2D eigenvalue weighted by Crippen LogP contribution is -2.20. The normalized spacial score (nSPS) is 11.8. The second-order valence-electron chi connectivity index (χ2n) is 5.06. The summed E-state index contributed by atoms with van der Waals surface area (Å²) in [7, 11) is 1.61. The predicted octanol–water partition coefficient (Wildman–Crippen LogP) is 2.80. The van der Waals surface area contributed by atoms with Crippen molar-refractivity contribution in [1.82, 2.24) is 10.2 Å². The minimum Gasteiger partial charge on any atom is -0.497 e. The molecule has 1 heterocycles. The van der Waals surface area contributed by atoms with Gasteiger partial charge in [0.25, 0.3) is 0 Å². The maximum absolute atomic E-state index is 12.2. The van der Waals surface area contributed by atoms with E-state index in [-0.39, 0.29) is 5.78 Å². The molecule has 2 aromatic rings. The van der Waals surface area contributed by atoms with Gasteiger partial charge in [0.15, 0.2) is 5.78 Å². The average Bonchev–Trinajstić information content (AvgIpc) is 2.69. The van der Waals surface area contributed by atoms with Crippen LogP contribution in [-0.2, 0) is 0 Å². The average molecular weight is 232 g/mol. The number of hydrogen-bond acceptors (Lipinski definition) is 3. The number of methoxy groups -OCH3 is 1. The topological polar surface area (TPSA) is 55.0 Å². The van der Waals surface area contributed by atoms with Gasteiger partial charge in [0.2, 0.25) is 0 Å². The Bertz CT molecular complexity index is 564. The first kappa shape index (κ1) is 11.6. The smallest absolute Gasteiger partial charge is 0.188 e. The van der Waals surface area contributed by atoms with Crippen LogP contribution in [0.2, 0.25) is 0 Å². The third-order valence-electron chi connectivity index (χ3n) is 2.67. The first-order valence-corrected chi connectivity index (χ1v) is 5.50. The lowest BCUT2D eigenvalue weighted by atomic mass is 9.88. The fraction of sp³-hybridized carbons (Fsp3) is 0.385. The molecule has 0 bridgehead atoms. The van der Waals surface area contributed by atoms with Crippen molar-refractivity contribution in [3.8, 4) is 5.75 Å². The number of Topliss-reactive ketones (excluding diaryl/α,β-unsaturated/α-hetero) is 1. The molecule has 0 radical (unpaired) electrons. The number of carbonyl (C=O) groups is 1. The zero-order chi connectivity index (χ0) is 12.6. The van der Waals surface area contributed by atoms with E-state index in [0.29, 0.717) is 5.69 Å². The van der Waals surface area contributed by atoms with Gasteiger partial charge < -0.3 is 4.74 Å². The second-order valence-corrected chi connectivity index (χ2v) is 5.06. The number of ether oxygens (including phenoxy) is 1. The fourth-order valence-electron chi connectivity index (χ4n) is 1.65. The maximum Gasteiger partial charge on any atom is 0.188 e. The first-order valence-electron chi connectivity index (χ1n) is 5.50. The SMILES string of the molecule is COc1ccc2c(C(=O)C(C)(C)C)n[nH]c2c1. The predicted molar refractivity (Wildman–Crippen MR) is 66.4 cm³/mol. The highest BCUT2D eigenvalue weighted by Gasteiger charge is 2.26. The van der Waals surface area contributed by atoms with Gasteiger partial charge in [-0.15, -0.1) is 0 Å². The van der Waals surface area contributed by atoms with Gasteiger partial charge in [-0.1, -0.05) is 20.8 Å². The van der Waals surface area contributed by atoms with Crippen molar-refractivity contribution < 1.29 is 9.53 Å². The second kappa shape index (κ2) is 3.87. The Labute approximate surface area is 100.0 Å². The fourth-order valence-corrected chi connectivity index (χ4v) is 1.65. The molecule has 0 atom stereocenters. The summed E-state index contributed by atoms with van der Waals surface area (Å²) in [5, 5.41) is 7.81. The van der Waals surface area contributed by atoms with E-state index in [0.717, 1.165) is 16.7 Å². The maximum atomic E-state index is 12.2. The first-order chi connectivity index (χ1) is 7.93. The number of benzene rings is 1. The summed E-state index contributed by atoms with van der Waals surface area (Å²) in [6.07, 6.45) is 0. The van der Waals surface area contributed by atoms with Crippen LogP contribution >= 0.6 is 0 Å². The highest BCUT2D eigenvalue weighted by molar-refractivity contribution is 6.08. The van der Waals surface area contributed by atoms with E-state index in [2.05, 4.69) is 10.2 Å². The molecule has 90 valence electrons. The molecule has 1 aromatic carbocycles. The van der Waals surface area contributed by atoms with Crippen LogP contribution in [0.5, 0.6) is 5.75 Å². The summed E-state index contributed by atoms with van der Waals surface area (Å²) in [5.41, 5.74) is 0.884. The molecule has 0 fully saturated rings. The van der Waals surface area contributed by atoms with Crippen LogP contribution in [-0.4, -0.2) is 23.1 Å². The molecule has 0 spiro atoms. The summed E-state index contributed by atoms with van der Waals surface area (Å²) < 4.78 is 5.13. The molecular weight excluding hydrogens is 216 g/mol. The van der Waals surface area contributed by atoms with Crippen molar-refractivity contribution >= 4 is 16.7 Å². The molecule has 0 saturated carbocycles. The zero-order valence-corrected chi connectivity index (χ0v) is 10.5. The molecule has 1 N–H and O–H groups in total. The number of rotatable bonds is 2. The zero-order valence-electron chi connectivity index (χ0n) is 10.5. The van der Waals surface area contributed by atoms with Crippen LogP contribution in [0, 0.1) is 5.41 Å². The largest absolute Gasteiger partial charge is 0.497 e. The molecule has 4 heteroatoms. The quantitative estimate of drug-likeness (QED) is 0.810. The van der Waals surface area contributed by atoms with Crippen LogP contribution in [0.25, 0.3) is 10.9 Å². The molecule has 1 aromatic heterocycles. The number of nitrogens with zero attached hydrogens (tertiary/aromatic N) is 1. The van der Waals surface area contributed by atoms with Gasteiger partial charge in [-0.05, 0) is 12.1 Å². The Morgan fingerprint density at radius 1 is 1.35 bits per heavy atom. The Hall–Kier alpha value is -1.84. The van der Waals surface area contributed by atoms with E-state index in [1.807, 2.05) is 39.0 Å². The third-order valence-corrected chi connectivity index (χ3v) is 2.67. The molecule has 17 heavy (non-hydrogen) atoms. The van der Waals surface area contributed by atoms with Gasteiger partial charge in [-0.3, -0.25) is 9.89 Å². The van der Waals surface area contributed by atoms with E-state index >= 15 is 0 Å². The minimum atomic E-state index is -0.429. The molecule has 0 aliphatic carbocycles. The van der Waals surface area contributed by atoms with Crippen molar-refractivity contribution in [1.29, 1.82) is 0 Å². The van der Waals surface area contributed by atoms with Gasteiger partial charge >= 0.3 is 0 Å². The third kappa shape index (κ3) is 2.02. The summed E-state index contributed by atoms with van der Waals surface area (Å²) in [6.45, 7) is 5.66. The Morgan fingerprint density at radius 2 is 2.06 bits per heavy atom. The number of aromatic amines is 1. The lowest BCUT2D eigenvalue weighted by Gasteiger charge is -2.14. The van der Waals surface area contributed by atoms with E-state index < -0.39 is 5.41 Å². The van der Waals surface area contributed by atoms with Crippen molar-refractivity contribution in [3.63, 3.8) is 0 Å². The van der Waals surface area contributed by atoms with Gasteiger partial charge in [0.1, 0.15) is 11.4 Å². The van der Waals surface area contributed by atoms with Crippen LogP contribution in [0.1, 0.15) is 31.3 Å². The summed E-state index contributed by atoms with van der Waals surface area (Å²) in [5.74, 6) is 0.782. The van der Waals surface area contributed by atoms with Gasteiger partial charge in [-0.25, -0.2) is 0 Å². The van der Waals surface area contributed by atoms with Crippen LogP contribution in [0.15, 0.2) is 18.2 Å². The Kier molecular flexibility index (Phi) is 2.65. The van der Waals surface area contributed by atoms with E-state index in [4.69, 9.17) is 4.74 Å². The van der Waals surface area contributed by atoms with Gasteiger partial charge in [0.05, 0.1) is 12.6 Å². The van der Waals surface area contributed by atoms with Crippen LogP contribution in [0.4, 0.5) is 0 Å².